The molecule has 1 atom stereocenters. The van der Waals surface area contributed by atoms with E-state index in [1.54, 1.807) is 38.3 Å². The monoisotopic (exact) mass is 318 g/mol. The molecule has 0 spiro atoms. The summed E-state index contributed by atoms with van der Waals surface area (Å²) in [6.45, 7) is 1.66. The van der Waals surface area contributed by atoms with Crippen molar-refractivity contribution < 1.29 is 19.0 Å². The topological polar surface area (TPSA) is 70.6 Å². The minimum Gasteiger partial charge on any atom is -0.497 e. The summed E-state index contributed by atoms with van der Waals surface area (Å²) < 4.78 is 18.3. The van der Waals surface area contributed by atoms with Crippen LogP contribution < -0.4 is 15.4 Å². The molecule has 0 heterocycles. The summed E-state index contributed by atoms with van der Waals surface area (Å²) in [7, 11) is 1.54. The summed E-state index contributed by atoms with van der Waals surface area (Å²) in [4.78, 5) is 11.8. The van der Waals surface area contributed by atoms with Gasteiger partial charge in [0.15, 0.2) is 0 Å². The van der Waals surface area contributed by atoms with Gasteiger partial charge in [-0.2, -0.15) is 0 Å². The lowest BCUT2D eigenvalue weighted by Gasteiger charge is -2.14. The molecule has 0 aromatic heterocycles. The molecule has 3 N–H and O–H groups in total. The van der Waals surface area contributed by atoms with Crippen LogP contribution >= 0.6 is 0 Å². The fourth-order valence-corrected chi connectivity index (χ4v) is 2.05. The number of aliphatic hydroxyl groups is 1. The van der Waals surface area contributed by atoms with E-state index in [1.165, 1.54) is 18.2 Å². The van der Waals surface area contributed by atoms with Crippen LogP contribution in [0.4, 0.5) is 14.9 Å². The molecule has 122 valence electrons. The maximum Gasteiger partial charge on any atom is 0.319 e. The van der Waals surface area contributed by atoms with Crippen molar-refractivity contribution in [2.45, 2.75) is 13.0 Å². The Morgan fingerprint density at radius 1 is 1.30 bits per heavy atom. The summed E-state index contributed by atoms with van der Waals surface area (Å²) >= 11 is 0. The number of aliphatic hydroxyl groups excluding tert-OH is 1. The third-order valence-electron chi connectivity index (χ3n) is 3.35. The third kappa shape index (κ3) is 4.69. The molecule has 0 aliphatic rings. The van der Waals surface area contributed by atoms with Gasteiger partial charge in [0.2, 0.25) is 0 Å². The van der Waals surface area contributed by atoms with Crippen LogP contribution in [-0.4, -0.2) is 24.8 Å². The second kappa shape index (κ2) is 7.60. The standard InChI is InChI=1S/C17H19FN2O3/c1-11-8-13(6-7-15(11)18)20-17(22)19-10-16(21)12-4-3-5-14(9-12)23-2/h3-9,16,21H,10H2,1-2H3,(H2,19,20,22). The van der Waals surface area contributed by atoms with E-state index in [4.69, 9.17) is 4.74 Å². The molecule has 0 fully saturated rings. The zero-order valence-corrected chi connectivity index (χ0v) is 13.0. The van der Waals surface area contributed by atoms with Crippen molar-refractivity contribution in [2.75, 3.05) is 19.0 Å². The number of hydrogen-bond donors (Lipinski definition) is 3. The lowest BCUT2D eigenvalue weighted by Crippen LogP contribution is -2.32. The van der Waals surface area contributed by atoms with Gasteiger partial charge in [0, 0.05) is 12.2 Å². The highest BCUT2D eigenvalue weighted by Crippen LogP contribution is 2.18. The fraction of sp³-hybridized carbons (Fsp3) is 0.235. The van der Waals surface area contributed by atoms with Gasteiger partial charge >= 0.3 is 6.03 Å². The number of halogens is 1. The van der Waals surface area contributed by atoms with Gasteiger partial charge in [-0.1, -0.05) is 12.1 Å². The van der Waals surface area contributed by atoms with Crippen molar-refractivity contribution in [1.82, 2.24) is 5.32 Å². The van der Waals surface area contributed by atoms with Crippen LogP contribution in [0.5, 0.6) is 5.75 Å². The highest BCUT2D eigenvalue weighted by molar-refractivity contribution is 5.89. The first-order valence-electron chi connectivity index (χ1n) is 7.12. The number of carbonyl (C=O) groups is 1. The van der Waals surface area contributed by atoms with E-state index >= 15 is 0 Å². The van der Waals surface area contributed by atoms with E-state index in [9.17, 15) is 14.3 Å². The largest absolute Gasteiger partial charge is 0.497 e. The number of methoxy groups -OCH3 is 1. The Morgan fingerprint density at radius 3 is 2.78 bits per heavy atom. The van der Waals surface area contributed by atoms with Gasteiger partial charge in [-0.3, -0.25) is 0 Å². The molecule has 23 heavy (non-hydrogen) atoms. The van der Waals surface area contributed by atoms with Gasteiger partial charge < -0.3 is 20.5 Å². The molecule has 2 aromatic rings. The van der Waals surface area contributed by atoms with E-state index < -0.39 is 12.1 Å². The summed E-state index contributed by atoms with van der Waals surface area (Å²) in [6.07, 6.45) is -0.856. The molecule has 0 saturated heterocycles. The van der Waals surface area contributed by atoms with E-state index in [0.717, 1.165) is 0 Å². The van der Waals surface area contributed by atoms with Crippen LogP contribution in [0.25, 0.3) is 0 Å². The van der Waals surface area contributed by atoms with Gasteiger partial charge in [0.1, 0.15) is 11.6 Å². The van der Waals surface area contributed by atoms with E-state index in [-0.39, 0.29) is 12.4 Å². The molecular weight excluding hydrogens is 299 g/mol. The molecule has 6 heteroatoms. The molecule has 0 saturated carbocycles. The molecule has 0 aliphatic heterocycles. The molecular formula is C17H19FN2O3. The van der Waals surface area contributed by atoms with Gasteiger partial charge in [0.25, 0.3) is 0 Å². The minimum atomic E-state index is -0.856. The number of hydrogen-bond acceptors (Lipinski definition) is 3. The zero-order chi connectivity index (χ0) is 16.8. The number of benzene rings is 2. The molecule has 5 nitrogen and oxygen atoms in total. The lowest BCUT2D eigenvalue weighted by molar-refractivity contribution is 0.175. The summed E-state index contributed by atoms with van der Waals surface area (Å²) in [5, 5.41) is 15.2. The highest BCUT2D eigenvalue weighted by atomic mass is 19.1. The van der Waals surface area contributed by atoms with Crippen LogP contribution in [0, 0.1) is 12.7 Å². The second-order valence-electron chi connectivity index (χ2n) is 5.09. The van der Waals surface area contributed by atoms with Crippen LogP contribution in [0.2, 0.25) is 0 Å². The van der Waals surface area contributed by atoms with Crippen LogP contribution in [-0.2, 0) is 0 Å². The van der Waals surface area contributed by atoms with Gasteiger partial charge in [-0.15, -0.1) is 0 Å². The van der Waals surface area contributed by atoms with Crippen LogP contribution in [0.15, 0.2) is 42.5 Å². The Labute approximate surface area is 134 Å². The number of nitrogens with one attached hydrogen (secondary N) is 2. The van der Waals surface area contributed by atoms with Crippen molar-refractivity contribution in [1.29, 1.82) is 0 Å². The van der Waals surface area contributed by atoms with Crippen molar-refractivity contribution in [3.8, 4) is 5.75 Å². The summed E-state index contributed by atoms with van der Waals surface area (Å²) in [6, 6.07) is 10.8. The fourth-order valence-electron chi connectivity index (χ4n) is 2.05. The number of carbonyl (C=O) groups excluding carboxylic acids is 1. The summed E-state index contributed by atoms with van der Waals surface area (Å²) in [5.41, 5.74) is 1.57. The first-order chi connectivity index (χ1) is 11.0. The van der Waals surface area contributed by atoms with Gasteiger partial charge in [-0.05, 0) is 48.4 Å². The number of urea groups is 1. The molecule has 0 aliphatic carbocycles. The number of amides is 2. The van der Waals surface area contributed by atoms with Crippen LogP contribution in [0.3, 0.4) is 0 Å². The summed E-state index contributed by atoms with van der Waals surface area (Å²) in [5.74, 6) is 0.303. The Bertz CT molecular complexity index is 691. The predicted molar refractivity (Wildman–Crippen MR) is 86.1 cm³/mol. The minimum absolute atomic E-state index is 0.0409. The van der Waals surface area contributed by atoms with E-state index in [2.05, 4.69) is 10.6 Å². The Hall–Kier alpha value is -2.60. The maximum atomic E-state index is 13.2. The highest BCUT2D eigenvalue weighted by Gasteiger charge is 2.11. The SMILES string of the molecule is COc1cccc(C(O)CNC(=O)Nc2ccc(F)c(C)c2)c1. The van der Waals surface area contributed by atoms with E-state index in [0.29, 0.717) is 22.6 Å². The van der Waals surface area contributed by atoms with Gasteiger partial charge in [0.05, 0.1) is 13.2 Å². The van der Waals surface area contributed by atoms with Crippen LogP contribution in [0.1, 0.15) is 17.2 Å². The Kier molecular flexibility index (Phi) is 5.54. The molecule has 2 aromatic carbocycles. The average Bonchev–Trinajstić information content (AvgIpc) is 2.56. The number of rotatable bonds is 5. The smallest absolute Gasteiger partial charge is 0.319 e. The molecule has 0 bridgehead atoms. The molecule has 2 amide bonds. The Morgan fingerprint density at radius 2 is 2.09 bits per heavy atom. The normalized spacial score (nSPS) is 11.7. The first kappa shape index (κ1) is 16.8. The predicted octanol–water partition coefficient (Wildman–Crippen LogP) is 3.00. The number of ether oxygens (including phenoxy) is 1. The maximum absolute atomic E-state index is 13.2. The lowest BCUT2D eigenvalue weighted by atomic mass is 10.1. The third-order valence-corrected chi connectivity index (χ3v) is 3.35. The van der Waals surface area contributed by atoms with Gasteiger partial charge in [-0.25, -0.2) is 9.18 Å². The van der Waals surface area contributed by atoms with E-state index in [1.807, 2.05) is 0 Å². The quantitative estimate of drug-likeness (QED) is 0.793. The second-order valence-corrected chi connectivity index (χ2v) is 5.09. The first-order valence-corrected chi connectivity index (χ1v) is 7.12. The zero-order valence-electron chi connectivity index (χ0n) is 13.0. The number of anilines is 1. The van der Waals surface area contributed by atoms with Crippen molar-refractivity contribution >= 4 is 11.7 Å². The van der Waals surface area contributed by atoms with Crippen molar-refractivity contribution in [3.05, 3.63) is 59.4 Å². The Balaban J connectivity index is 1.89. The number of aryl methyl sites for hydroxylation is 1. The molecule has 1 unspecified atom stereocenters. The van der Waals surface area contributed by atoms with Crippen molar-refractivity contribution in [3.63, 3.8) is 0 Å². The van der Waals surface area contributed by atoms with Crippen molar-refractivity contribution in [2.24, 2.45) is 0 Å². The molecule has 2 rings (SSSR count). The molecule has 0 radical (unpaired) electrons. The average molecular weight is 318 g/mol.